The summed E-state index contributed by atoms with van der Waals surface area (Å²) in [6, 6.07) is 7.84. The van der Waals surface area contributed by atoms with Gasteiger partial charge in [0.1, 0.15) is 22.8 Å². The maximum absolute atomic E-state index is 5.79. The summed E-state index contributed by atoms with van der Waals surface area (Å²) in [6.45, 7) is 8.27. The average molecular weight is 260 g/mol. The zero-order valence-corrected chi connectivity index (χ0v) is 11.9. The molecule has 2 rings (SSSR count). The number of rotatable bonds is 3. The van der Waals surface area contributed by atoms with E-state index in [4.69, 9.17) is 14.9 Å². The molecule has 0 spiro atoms. The molecule has 2 aromatic rings. The van der Waals surface area contributed by atoms with Gasteiger partial charge >= 0.3 is 0 Å². The molecule has 19 heavy (non-hydrogen) atoms. The van der Waals surface area contributed by atoms with Gasteiger partial charge in [-0.3, -0.25) is 0 Å². The largest absolute Gasteiger partial charge is 0.488 e. The number of nitrogens with zero attached hydrogens (tertiary/aromatic N) is 1. The lowest BCUT2D eigenvalue weighted by Crippen LogP contribution is -2.22. The van der Waals surface area contributed by atoms with E-state index in [2.05, 4.69) is 4.98 Å². The number of aryl methyl sites for hydroxylation is 1. The summed E-state index contributed by atoms with van der Waals surface area (Å²) >= 11 is 0. The van der Waals surface area contributed by atoms with Crippen molar-refractivity contribution in [2.45, 2.75) is 39.8 Å². The molecule has 1 aromatic heterocycles. The number of benzene rings is 1. The third-order valence-electron chi connectivity index (χ3n) is 2.57. The quantitative estimate of drug-likeness (QED) is 0.920. The fourth-order valence-electron chi connectivity index (χ4n) is 1.84. The normalized spacial score (nSPS) is 11.6. The first-order valence-corrected chi connectivity index (χ1v) is 6.35. The van der Waals surface area contributed by atoms with E-state index in [0.29, 0.717) is 12.4 Å². The molecule has 0 saturated heterocycles. The van der Waals surface area contributed by atoms with Crippen LogP contribution in [0.3, 0.4) is 0 Å². The SMILES string of the molecule is Cc1oc(CN)nc1-c1ccc(OC(C)(C)C)cc1. The predicted molar refractivity (Wildman–Crippen MR) is 74.9 cm³/mol. The number of aromatic nitrogens is 1. The molecule has 0 aliphatic rings. The molecule has 4 heteroatoms. The van der Waals surface area contributed by atoms with Gasteiger partial charge in [-0.25, -0.2) is 4.98 Å². The van der Waals surface area contributed by atoms with Crippen LogP contribution in [-0.4, -0.2) is 10.6 Å². The first-order valence-electron chi connectivity index (χ1n) is 6.35. The molecule has 2 N–H and O–H groups in total. The van der Waals surface area contributed by atoms with Crippen molar-refractivity contribution in [1.82, 2.24) is 4.98 Å². The highest BCUT2D eigenvalue weighted by atomic mass is 16.5. The van der Waals surface area contributed by atoms with E-state index in [9.17, 15) is 0 Å². The fraction of sp³-hybridized carbons (Fsp3) is 0.400. The third-order valence-corrected chi connectivity index (χ3v) is 2.57. The Bertz CT molecular complexity index is 551. The van der Waals surface area contributed by atoms with Crippen LogP contribution in [0.25, 0.3) is 11.3 Å². The van der Waals surface area contributed by atoms with E-state index in [1.807, 2.05) is 52.0 Å². The summed E-state index contributed by atoms with van der Waals surface area (Å²) in [5.41, 5.74) is 7.17. The summed E-state index contributed by atoms with van der Waals surface area (Å²) < 4.78 is 11.2. The lowest BCUT2D eigenvalue weighted by molar-refractivity contribution is 0.131. The van der Waals surface area contributed by atoms with E-state index in [1.54, 1.807) is 0 Å². The Hall–Kier alpha value is -1.81. The van der Waals surface area contributed by atoms with E-state index in [0.717, 1.165) is 22.8 Å². The predicted octanol–water partition coefficient (Wildman–Crippen LogP) is 3.29. The van der Waals surface area contributed by atoms with Crippen LogP contribution in [0.4, 0.5) is 0 Å². The molecule has 0 radical (unpaired) electrons. The van der Waals surface area contributed by atoms with Crippen LogP contribution in [0.5, 0.6) is 5.75 Å². The van der Waals surface area contributed by atoms with Gasteiger partial charge in [0.15, 0.2) is 0 Å². The average Bonchev–Trinajstić information content (AvgIpc) is 2.70. The highest BCUT2D eigenvalue weighted by molar-refractivity contribution is 5.62. The zero-order chi connectivity index (χ0) is 14.0. The monoisotopic (exact) mass is 260 g/mol. The number of ether oxygens (including phenoxy) is 1. The Balaban J connectivity index is 2.24. The number of nitrogens with two attached hydrogens (primary N) is 1. The first-order chi connectivity index (χ1) is 8.89. The second-order valence-electron chi connectivity index (χ2n) is 5.46. The molecule has 0 bridgehead atoms. The van der Waals surface area contributed by atoms with Crippen LogP contribution in [0, 0.1) is 6.92 Å². The molecule has 0 amide bonds. The molecular formula is C15H20N2O2. The van der Waals surface area contributed by atoms with Crippen LogP contribution in [0.15, 0.2) is 28.7 Å². The summed E-state index contributed by atoms with van der Waals surface area (Å²) in [6.07, 6.45) is 0. The van der Waals surface area contributed by atoms with Gasteiger partial charge in [0.25, 0.3) is 0 Å². The Morgan fingerprint density at radius 3 is 2.32 bits per heavy atom. The molecule has 1 aromatic carbocycles. The van der Waals surface area contributed by atoms with Crippen molar-refractivity contribution in [2.75, 3.05) is 0 Å². The Kier molecular flexibility index (Phi) is 3.62. The highest BCUT2D eigenvalue weighted by Gasteiger charge is 2.13. The van der Waals surface area contributed by atoms with Crippen molar-refractivity contribution >= 4 is 0 Å². The van der Waals surface area contributed by atoms with Gasteiger partial charge in [0.05, 0.1) is 6.54 Å². The number of oxazole rings is 1. The summed E-state index contributed by atoms with van der Waals surface area (Å²) in [5.74, 6) is 2.18. The molecule has 0 fully saturated rings. The molecule has 0 unspecified atom stereocenters. The molecule has 0 aliphatic heterocycles. The van der Waals surface area contributed by atoms with Crippen LogP contribution >= 0.6 is 0 Å². The minimum atomic E-state index is -0.196. The highest BCUT2D eigenvalue weighted by Crippen LogP contribution is 2.26. The van der Waals surface area contributed by atoms with Crippen LogP contribution in [-0.2, 0) is 6.54 Å². The van der Waals surface area contributed by atoms with E-state index >= 15 is 0 Å². The van der Waals surface area contributed by atoms with Gasteiger partial charge in [0, 0.05) is 5.56 Å². The Morgan fingerprint density at radius 1 is 1.21 bits per heavy atom. The minimum absolute atomic E-state index is 0.196. The van der Waals surface area contributed by atoms with Gasteiger partial charge < -0.3 is 14.9 Å². The van der Waals surface area contributed by atoms with Gasteiger partial charge in [-0.1, -0.05) is 0 Å². The maximum atomic E-state index is 5.79. The van der Waals surface area contributed by atoms with Crippen molar-refractivity contribution < 1.29 is 9.15 Å². The van der Waals surface area contributed by atoms with Gasteiger partial charge in [-0.05, 0) is 52.0 Å². The molecule has 0 saturated carbocycles. The number of hydrogen-bond acceptors (Lipinski definition) is 4. The second-order valence-corrected chi connectivity index (χ2v) is 5.46. The van der Waals surface area contributed by atoms with Crippen molar-refractivity contribution in [1.29, 1.82) is 0 Å². The second kappa shape index (κ2) is 5.05. The maximum Gasteiger partial charge on any atom is 0.208 e. The van der Waals surface area contributed by atoms with E-state index in [-0.39, 0.29) is 5.60 Å². The van der Waals surface area contributed by atoms with E-state index < -0.39 is 0 Å². The van der Waals surface area contributed by atoms with E-state index in [1.165, 1.54) is 0 Å². The summed E-state index contributed by atoms with van der Waals surface area (Å²) in [7, 11) is 0. The molecular weight excluding hydrogens is 240 g/mol. The lowest BCUT2D eigenvalue weighted by Gasteiger charge is -2.21. The molecule has 4 nitrogen and oxygen atoms in total. The van der Waals surface area contributed by atoms with Gasteiger partial charge in [0.2, 0.25) is 5.89 Å². The first kappa shape index (κ1) is 13.6. The van der Waals surface area contributed by atoms with Crippen LogP contribution in [0.2, 0.25) is 0 Å². The van der Waals surface area contributed by atoms with Crippen molar-refractivity contribution in [2.24, 2.45) is 5.73 Å². The van der Waals surface area contributed by atoms with Crippen LogP contribution in [0.1, 0.15) is 32.4 Å². The fourth-order valence-corrected chi connectivity index (χ4v) is 1.84. The van der Waals surface area contributed by atoms with Crippen molar-refractivity contribution in [3.63, 3.8) is 0 Å². The smallest absolute Gasteiger partial charge is 0.208 e. The Labute approximate surface area is 113 Å². The molecule has 0 atom stereocenters. The van der Waals surface area contributed by atoms with Gasteiger partial charge in [-0.2, -0.15) is 0 Å². The van der Waals surface area contributed by atoms with Gasteiger partial charge in [-0.15, -0.1) is 0 Å². The zero-order valence-electron chi connectivity index (χ0n) is 11.9. The van der Waals surface area contributed by atoms with Crippen molar-refractivity contribution in [3.05, 3.63) is 35.9 Å². The molecule has 1 heterocycles. The topological polar surface area (TPSA) is 61.3 Å². The lowest BCUT2D eigenvalue weighted by atomic mass is 10.1. The molecule has 0 aliphatic carbocycles. The molecule has 102 valence electrons. The Morgan fingerprint density at radius 2 is 1.84 bits per heavy atom. The standard InChI is InChI=1S/C15H20N2O2/c1-10-14(17-13(9-16)18-10)11-5-7-12(8-6-11)19-15(2,3)4/h5-8H,9,16H2,1-4H3. The minimum Gasteiger partial charge on any atom is -0.488 e. The van der Waals surface area contributed by atoms with Crippen LogP contribution < -0.4 is 10.5 Å². The van der Waals surface area contributed by atoms with Crippen molar-refractivity contribution in [3.8, 4) is 17.0 Å². The number of hydrogen-bond donors (Lipinski definition) is 1. The summed E-state index contributed by atoms with van der Waals surface area (Å²) in [4.78, 5) is 4.37. The summed E-state index contributed by atoms with van der Waals surface area (Å²) in [5, 5.41) is 0. The third kappa shape index (κ3) is 3.35.